The molecule has 5 nitrogen and oxygen atoms in total. The Labute approximate surface area is 177 Å². The minimum atomic E-state index is 0.514. The number of nitrogens with zero attached hydrogens (tertiary/aromatic N) is 4. The lowest BCUT2D eigenvalue weighted by Crippen LogP contribution is -2.13. The van der Waals surface area contributed by atoms with Crippen LogP contribution >= 0.6 is 35.0 Å². The highest BCUT2D eigenvalue weighted by Crippen LogP contribution is 2.30. The van der Waals surface area contributed by atoms with Gasteiger partial charge in [0.25, 0.3) is 0 Å². The molecule has 4 rings (SSSR count). The summed E-state index contributed by atoms with van der Waals surface area (Å²) in [4.78, 5) is 0. The molecule has 0 atom stereocenters. The zero-order chi connectivity index (χ0) is 19.5. The number of fused-ring (bicyclic) bond motifs is 1. The van der Waals surface area contributed by atoms with Crippen LogP contribution in [0.4, 0.5) is 0 Å². The van der Waals surface area contributed by atoms with Crippen molar-refractivity contribution in [3.63, 3.8) is 0 Å². The van der Waals surface area contributed by atoms with E-state index >= 15 is 0 Å². The molecule has 1 aliphatic heterocycles. The molecule has 0 bridgehead atoms. The average Bonchev–Trinajstić information content (AvgIpc) is 3.14. The number of hydrogen-bond acceptors (Lipinski definition) is 5. The van der Waals surface area contributed by atoms with Gasteiger partial charge in [0.2, 0.25) is 5.16 Å². The van der Waals surface area contributed by atoms with Crippen molar-refractivity contribution >= 4 is 40.7 Å². The van der Waals surface area contributed by atoms with Crippen LogP contribution in [0, 0.1) is 0 Å². The fourth-order valence-electron chi connectivity index (χ4n) is 2.76. The second kappa shape index (κ2) is 8.55. The van der Waals surface area contributed by atoms with Crippen molar-refractivity contribution in [3.8, 4) is 17.1 Å². The molecule has 2 aromatic carbocycles. The van der Waals surface area contributed by atoms with Crippen molar-refractivity contribution < 1.29 is 4.74 Å². The van der Waals surface area contributed by atoms with Gasteiger partial charge in [0.15, 0.2) is 5.82 Å². The Bertz CT molecular complexity index is 1020. The lowest BCUT2D eigenvalue weighted by molar-refractivity contribution is 0.309. The molecule has 0 fully saturated rings. The van der Waals surface area contributed by atoms with Gasteiger partial charge in [-0.2, -0.15) is 9.78 Å². The van der Waals surface area contributed by atoms with E-state index in [1.54, 1.807) is 22.5 Å². The maximum absolute atomic E-state index is 6.16. The van der Waals surface area contributed by atoms with Gasteiger partial charge in [-0.1, -0.05) is 54.4 Å². The summed E-state index contributed by atoms with van der Waals surface area (Å²) in [5, 5.41) is 15.2. The first-order valence-corrected chi connectivity index (χ1v) is 10.7. The van der Waals surface area contributed by atoms with Crippen molar-refractivity contribution in [3.05, 3.63) is 58.1 Å². The maximum Gasteiger partial charge on any atom is 0.212 e. The van der Waals surface area contributed by atoms with Gasteiger partial charge in [0, 0.05) is 16.9 Å². The third-order valence-corrected chi connectivity index (χ3v) is 5.97. The van der Waals surface area contributed by atoms with Gasteiger partial charge in [-0.05, 0) is 42.8 Å². The van der Waals surface area contributed by atoms with Crippen LogP contribution in [0.15, 0.2) is 52.7 Å². The molecule has 2 heterocycles. The maximum atomic E-state index is 6.16. The summed E-state index contributed by atoms with van der Waals surface area (Å²) < 4.78 is 7.51. The first-order valence-electron chi connectivity index (χ1n) is 9.00. The molecule has 3 aromatic rings. The molecular weight excluding hydrogens is 415 g/mol. The molecule has 0 N–H and O–H groups in total. The fourth-order valence-corrected chi connectivity index (χ4v) is 3.90. The largest absolute Gasteiger partial charge is 0.494 e. The summed E-state index contributed by atoms with van der Waals surface area (Å²) >= 11 is 13.8. The van der Waals surface area contributed by atoms with Gasteiger partial charge < -0.3 is 4.74 Å². The highest BCUT2D eigenvalue weighted by molar-refractivity contribution is 7.99. The molecule has 0 amide bonds. The third kappa shape index (κ3) is 4.04. The molecule has 0 radical (unpaired) electrons. The Morgan fingerprint density at radius 1 is 1.04 bits per heavy atom. The molecule has 0 saturated heterocycles. The van der Waals surface area contributed by atoms with Gasteiger partial charge in [-0.25, -0.2) is 0 Å². The molecule has 144 valence electrons. The molecule has 28 heavy (non-hydrogen) atoms. The highest BCUT2D eigenvalue weighted by Gasteiger charge is 2.21. The van der Waals surface area contributed by atoms with Gasteiger partial charge in [-0.15, -0.1) is 10.2 Å². The second-order valence-electron chi connectivity index (χ2n) is 6.31. The SMILES string of the molecule is CCCCOc1ccc(-c2nnc3n2N=C(c2ccc(Cl)c(Cl)c2)CS3)cc1. The minimum absolute atomic E-state index is 0.514. The summed E-state index contributed by atoms with van der Waals surface area (Å²) in [6, 6.07) is 13.4. The van der Waals surface area contributed by atoms with Gasteiger partial charge in [-0.3, -0.25) is 0 Å². The van der Waals surface area contributed by atoms with Gasteiger partial charge in [0.05, 0.1) is 22.4 Å². The van der Waals surface area contributed by atoms with E-state index in [1.807, 2.05) is 36.4 Å². The van der Waals surface area contributed by atoms with Crippen molar-refractivity contribution in [2.45, 2.75) is 24.9 Å². The summed E-state index contributed by atoms with van der Waals surface area (Å²) in [5.74, 6) is 2.24. The molecule has 1 aromatic heterocycles. The van der Waals surface area contributed by atoms with Crippen LogP contribution in [0.1, 0.15) is 25.3 Å². The molecule has 0 saturated carbocycles. The van der Waals surface area contributed by atoms with Gasteiger partial charge in [0.1, 0.15) is 5.75 Å². The Kier molecular flexibility index (Phi) is 5.90. The third-order valence-electron chi connectivity index (χ3n) is 4.30. The highest BCUT2D eigenvalue weighted by atomic mass is 35.5. The van der Waals surface area contributed by atoms with Crippen LogP contribution in [0.2, 0.25) is 10.0 Å². The van der Waals surface area contributed by atoms with Crippen LogP contribution in [0.25, 0.3) is 11.4 Å². The topological polar surface area (TPSA) is 52.3 Å². The van der Waals surface area contributed by atoms with E-state index in [-0.39, 0.29) is 0 Å². The fraction of sp³-hybridized carbons (Fsp3) is 0.250. The van der Waals surface area contributed by atoms with Crippen molar-refractivity contribution in [2.24, 2.45) is 5.10 Å². The summed E-state index contributed by atoms with van der Waals surface area (Å²) in [7, 11) is 0. The van der Waals surface area contributed by atoms with Gasteiger partial charge >= 0.3 is 0 Å². The smallest absolute Gasteiger partial charge is 0.212 e. The van der Waals surface area contributed by atoms with Crippen molar-refractivity contribution in [2.75, 3.05) is 12.4 Å². The summed E-state index contributed by atoms with van der Waals surface area (Å²) in [6.07, 6.45) is 2.16. The van der Waals surface area contributed by atoms with E-state index in [1.165, 1.54) is 0 Å². The number of halogens is 2. The van der Waals surface area contributed by atoms with E-state index in [0.717, 1.165) is 47.2 Å². The Hall–Kier alpha value is -2.02. The summed E-state index contributed by atoms with van der Waals surface area (Å²) in [5.41, 5.74) is 2.77. The quantitative estimate of drug-likeness (QED) is 0.462. The molecule has 0 aliphatic carbocycles. The molecule has 1 aliphatic rings. The number of hydrogen-bond donors (Lipinski definition) is 0. The number of unbranched alkanes of at least 4 members (excludes halogenated alkanes) is 1. The predicted octanol–water partition coefficient (Wildman–Crippen LogP) is 5.79. The molecule has 0 unspecified atom stereocenters. The lowest BCUT2D eigenvalue weighted by atomic mass is 10.1. The number of rotatable bonds is 6. The molecule has 8 heteroatoms. The number of ether oxygens (including phenoxy) is 1. The Balaban J connectivity index is 1.62. The molecular formula is C20H18Cl2N4OS. The van der Waals surface area contributed by atoms with Crippen LogP contribution < -0.4 is 4.74 Å². The second-order valence-corrected chi connectivity index (χ2v) is 8.07. The number of thioether (sulfide) groups is 1. The van der Waals surface area contributed by atoms with Crippen molar-refractivity contribution in [1.82, 2.24) is 14.9 Å². The Morgan fingerprint density at radius 2 is 1.82 bits per heavy atom. The number of benzene rings is 2. The first-order chi connectivity index (χ1) is 13.7. The monoisotopic (exact) mass is 432 g/mol. The van der Waals surface area contributed by atoms with Crippen LogP contribution in [-0.4, -0.2) is 32.9 Å². The molecule has 0 spiro atoms. The van der Waals surface area contributed by atoms with E-state index in [0.29, 0.717) is 21.6 Å². The van der Waals surface area contributed by atoms with E-state index < -0.39 is 0 Å². The van der Waals surface area contributed by atoms with E-state index in [4.69, 9.17) is 33.0 Å². The van der Waals surface area contributed by atoms with Crippen LogP contribution in [0.5, 0.6) is 5.75 Å². The lowest BCUT2D eigenvalue weighted by Gasteiger charge is -2.14. The number of aromatic nitrogens is 3. The average molecular weight is 433 g/mol. The van der Waals surface area contributed by atoms with E-state index in [2.05, 4.69) is 17.1 Å². The first kappa shape index (κ1) is 19.3. The van der Waals surface area contributed by atoms with Crippen LogP contribution in [0.3, 0.4) is 0 Å². The normalized spacial score (nSPS) is 13.2. The zero-order valence-electron chi connectivity index (χ0n) is 15.2. The summed E-state index contributed by atoms with van der Waals surface area (Å²) in [6.45, 7) is 2.87. The van der Waals surface area contributed by atoms with Crippen LogP contribution in [-0.2, 0) is 0 Å². The Morgan fingerprint density at radius 3 is 2.57 bits per heavy atom. The van der Waals surface area contributed by atoms with E-state index in [9.17, 15) is 0 Å². The zero-order valence-corrected chi connectivity index (χ0v) is 17.6. The predicted molar refractivity (Wildman–Crippen MR) is 115 cm³/mol. The minimum Gasteiger partial charge on any atom is -0.494 e. The standard InChI is InChI=1S/C20H18Cl2N4OS/c1-2-3-10-27-15-7-4-13(5-8-15)19-23-24-20-26(19)25-18(12-28-20)14-6-9-16(21)17(22)11-14/h4-9,11H,2-3,10,12H2,1H3. The van der Waals surface area contributed by atoms with Crippen molar-refractivity contribution in [1.29, 1.82) is 0 Å².